The number of nitrogens with zero attached hydrogens (tertiary/aromatic N) is 2. The van der Waals surface area contributed by atoms with Crippen molar-refractivity contribution in [2.75, 3.05) is 31.5 Å². The van der Waals surface area contributed by atoms with E-state index in [0.29, 0.717) is 31.9 Å². The molecule has 1 saturated heterocycles. The monoisotopic (exact) mass is 291 g/mol. The summed E-state index contributed by atoms with van der Waals surface area (Å²) in [6.45, 7) is 3.46. The highest BCUT2D eigenvalue weighted by Gasteiger charge is 2.22. The number of carbonyl (C=O) groups is 3. The quantitative estimate of drug-likeness (QED) is 0.853. The van der Waals surface area contributed by atoms with Gasteiger partial charge in [0.1, 0.15) is 0 Å². The van der Waals surface area contributed by atoms with Crippen LogP contribution in [0.25, 0.3) is 0 Å². The van der Waals surface area contributed by atoms with E-state index in [2.05, 4.69) is 5.32 Å². The van der Waals surface area contributed by atoms with E-state index < -0.39 is 5.97 Å². The van der Waals surface area contributed by atoms with Gasteiger partial charge in [-0.1, -0.05) is 6.07 Å². The minimum Gasteiger partial charge on any atom is -0.478 e. The number of carboxylic acids is 1. The van der Waals surface area contributed by atoms with E-state index in [1.54, 1.807) is 21.9 Å². The van der Waals surface area contributed by atoms with Crippen molar-refractivity contribution < 1.29 is 19.5 Å². The number of aromatic carboxylic acids is 1. The van der Waals surface area contributed by atoms with Crippen molar-refractivity contribution in [1.82, 2.24) is 9.80 Å². The first-order chi connectivity index (χ1) is 9.97. The van der Waals surface area contributed by atoms with Crippen LogP contribution in [0.2, 0.25) is 0 Å². The summed E-state index contributed by atoms with van der Waals surface area (Å²) in [7, 11) is 0. The molecule has 0 spiro atoms. The second kappa shape index (κ2) is 6.25. The summed E-state index contributed by atoms with van der Waals surface area (Å²) in [5, 5.41) is 11.6. The SMILES string of the molecule is CC(=O)N1CCN(C(=O)Nc2cccc(C(=O)O)c2)CC1. The van der Waals surface area contributed by atoms with Gasteiger partial charge in [0, 0.05) is 38.8 Å². The molecule has 1 heterocycles. The van der Waals surface area contributed by atoms with E-state index in [4.69, 9.17) is 5.11 Å². The molecule has 112 valence electrons. The van der Waals surface area contributed by atoms with Gasteiger partial charge in [0.15, 0.2) is 0 Å². The summed E-state index contributed by atoms with van der Waals surface area (Å²) in [6.07, 6.45) is 0. The molecule has 1 aromatic carbocycles. The Morgan fingerprint density at radius 3 is 2.29 bits per heavy atom. The molecule has 1 aromatic rings. The number of hydrogen-bond donors (Lipinski definition) is 2. The Labute approximate surface area is 122 Å². The smallest absolute Gasteiger partial charge is 0.335 e. The van der Waals surface area contributed by atoms with Crippen LogP contribution in [-0.2, 0) is 4.79 Å². The number of anilines is 1. The number of hydrogen-bond acceptors (Lipinski definition) is 3. The molecule has 0 bridgehead atoms. The van der Waals surface area contributed by atoms with Crippen LogP contribution in [0.3, 0.4) is 0 Å². The van der Waals surface area contributed by atoms with E-state index in [0.717, 1.165) is 0 Å². The zero-order chi connectivity index (χ0) is 15.4. The molecule has 0 aliphatic carbocycles. The van der Waals surface area contributed by atoms with Gasteiger partial charge in [-0.15, -0.1) is 0 Å². The number of urea groups is 1. The molecular formula is C14H17N3O4. The predicted octanol–water partition coefficient (Wildman–Crippen LogP) is 1.08. The third kappa shape index (κ3) is 3.71. The predicted molar refractivity (Wildman–Crippen MR) is 76.2 cm³/mol. The molecule has 7 heteroatoms. The van der Waals surface area contributed by atoms with Gasteiger partial charge in [-0.2, -0.15) is 0 Å². The van der Waals surface area contributed by atoms with Gasteiger partial charge >= 0.3 is 12.0 Å². The lowest BCUT2D eigenvalue weighted by Gasteiger charge is -2.34. The maximum atomic E-state index is 12.1. The first kappa shape index (κ1) is 14.8. The first-order valence-electron chi connectivity index (χ1n) is 6.62. The van der Waals surface area contributed by atoms with Crippen LogP contribution >= 0.6 is 0 Å². The van der Waals surface area contributed by atoms with Crippen LogP contribution in [0.4, 0.5) is 10.5 Å². The van der Waals surface area contributed by atoms with Crippen molar-refractivity contribution in [3.8, 4) is 0 Å². The lowest BCUT2D eigenvalue weighted by atomic mass is 10.2. The van der Waals surface area contributed by atoms with Gasteiger partial charge in [0.2, 0.25) is 5.91 Å². The number of carboxylic acid groups (broad SMARTS) is 1. The summed E-state index contributed by atoms with van der Waals surface area (Å²) in [4.78, 5) is 37.5. The number of piperazine rings is 1. The number of carbonyl (C=O) groups excluding carboxylic acids is 2. The third-order valence-electron chi connectivity index (χ3n) is 3.37. The van der Waals surface area contributed by atoms with Crippen LogP contribution in [0.15, 0.2) is 24.3 Å². The third-order valence-corrected chi connectivity index (χ3v) is 3.37. The molecule has 2 rings (SSSR count). The summed E-state index contributed by atoms with van der Waals surface area (Å²) in [5.74, 6) is -1.04. The van der Waals surface area contributed by atoms with Crippen molar-refractivity contribution in [3.63, 3.8) is 0 Å². The zero-order valence-corrected chi connectivity index (χ0v) is 11.7. The van der Waals surface area contributed by atoms with Crippen LogP contribution in [0, 0.1) is 0 Å². The standard InChI is InChI=1S/C14H17N3O4/c1-10(18)16-5-7-17(8-6-16)14(21)15-12-4-2-3-11(9-12)13(19)20/h2-4,9H,5-8H2,1H3,(H,15,21)(H,19,20). The maximum absolute atomic E-state index is 12.1. The first-order valence-corrected chi connectivity index (χ1v) is 6.62. The highest BCUT2D eigenvalue weighted by molar-refractivity contribution is 5.93. The average Bonchev–Trinajstić information content (AvgIpc) is 2.47. The number of benzene rings is 1. The molecule has 1 aliphatic heterocycles. The lowest BCUT2D eigenvalue weighted by molar-refractivity contribution is -0.130. The second-order valence-corrected chi connectivity index (χ2v) is 4.81. The van der Waals surface area contributed by atoms with E-state index >= 15 is 0 Å². The zero-order valence-electron chi connectivity index (χ0n) is 11.7. The Morgan fingerprint density at radius 1 is 1.10 bits per heavy atom. The van der Waals surface area contributed by atoms with Gasteiger partial charge in [-0.05, 0) is 18.2 Å². The lowest BCUT2D eigenvalue weighted by Crippen LogP contribution is -2.51. The maximum Gasteiger partial charge on any atom is 0.335 e. The molecule has 21 heavy (non-hydrogen) atoms. The highest BCUT2D eigenvalue weighted by atomic mass is 16.4. The Bertz CT molecular complexity index is 565. The van der Waals surface area contributed by atoms with Gasteiger partial charge in [0.05, 0.1) is 5.56 Å². The van der Waals surface area contributed by atoms with Crippen LogP contribution in [0.1, 0.15) is 17.3 Å². The second-order valence-electron chi connectivity index (χ2n) is 4.81. The van der Waals surface area contributed by atoms with E-state index in [-0.39, 0.29) is 17.5 Å². The van der Waals surface area contributed by atoms with Gasteiger partial charge < -0.3 is 20.2 Å². The molecule has 0 atom stereocenters. The van der Waals surface area contributed by atoms with Crippen molar-refractivity contribution in [3.05, 3.63) is 29.8 Å². The van der Waals surface area contributed by atoms with Crippen LogP contribution < -0.4 is 5.32 Å². The molecule has 0 unspecified atom stereocenters. The fourth-order valence-corrected chi connectivity index (χ4v) is 2.16. The van der Waals surface area contributed by atoms with Crippen molar-refractivity contribution in [2.45, 2.75) is 6.92 Å². The van der Waals surface area contributed by atoms with Crippen molar-refractivity contribution in [2.24, 2.45) is 0 Å². The minimum atomic E-state index is -1.04. The number of nitrogens with one attached hydrogen (secondary N) is 1. The Kier molecular flexibility index (Phi) is 4.42. The van der Waals surface area contributed by atoms with Crippen LogP contribution in [0.5, 0.6) is 0 Å². The molecule has 3 amide bonds. The van der Waals surface area contributed by atoms with Gasteiger partial charge in [-0.3, -0.25) is 4.79 Å². The molecule has 1 aliphatic rings. The highest BCUT2D eigenvalue weighted by Crippen LogP contribution is 2.12. The molecule has 0 radical (unpaired) electrons. The van der Waals surface area contributed by atoms with E-state index in [1.165, 1.54) is 19.1 Å². The van der Waals surface area contributed by atoms with E-state index in [1.807, 2.05) is 0 Å². The average molecular weight is 291 g/mol. The summed E-state index contributed by atoms with van der Waals surface area (Å²) >= 11 is 0. The fourth-order valence-electron chi connectivity index (χ4n) is 2.16. The topological polar surface area (TPSA) is 90.0 Å². The number of amides is 3. The molecule has 0 aromatic heterocycles. The van der Waals surface area contributed by atoms with Crippen LogP contribution in [-0.4, -0.2) is 59.0 Å². The van der Waals surface area contributed by atoms with Gasteiger partial charge in [0.25, 0.3) is 0 Å². The summed E-state index contributed by atoms with van der Waals surface area (Å²) in [6, 6.07) is 5.79. The Hall–Kier alpha value is -2.57. The van der Waals surface area contributed by atoms with Crippen molar-refractivity contribution in [1.29, 1.82) is 0 Å². The molecule has 1 fully saturated rings. The Balaban J connectivity index is 1.95. The molecule has 0 saturated carbocycles. The normalized spacial score (nSPS) is 14.7. The largest absolute Gasteiger partial charge is 0.478 e. The molecular weight excluding hydrogens is 274 g/mol. The molecule has 7 nitrogen and oxygen atoms in total. The Morgan fingerprint density at radius 2 is 1.71 bits per heavy atom. The summed E-state index contributed by atoms with van der Waals surface area (Å²) < 4.78 is 0. The minimum absolute atomic E-state index is 0.00391. The molecule has 2 N–H and O–H groups in total. The van der Waals surface area contributed by atoms with E-state index in [9.17, 15) is 14.4 Å². The van der Waals surface area contributed by atoms with Gasteiger partial charge in [-0.25, -0.2) is 9.59 Å². The number of rotatable bonds is 2. The fraction of sp³-hybridized carbons (Fsp3) is 0.357. The summed E-state index contributed by atoms with van der Waals surface area (Å²) in [5.41, 5.74) is 0.558. The van der Waals surface area contributed by atoms with Crippen molar-refractivity contribution >= 4 is 23.6 Å².